The first-order valence-corrected chi connectivity index (χ1v) is 7.42. The van der Waals surface area contributed by atoms with Gasteiger partial charge in [-0.15, -0.1) is 11.3 Å². The average Bonchev–Trinajstić information content (AvgIpc) is 2.83. The summed E-state index contributed by atoms with van der Waals surface area (Å²) in [7, 11) is 0. The van der Waals surface area contributed by atoms with Crippen LogP contribution in [-0.2, 0) is 0 Å². The Morgan fingerprint density at radius 3 is 2.77 bits per heavy atom. The molecule has 22 heavy (non-hydrogen) atoms. The number of nitriles is 1. The van der Waals surface area contributed by atoms with Gasteiger partial charge in [0.05, 0.1) is 10.5 Å². The molecule has 0 aliphatic rings. The summed E-state index contributed by atoms with van der Waals surface area (Å²) in [6, 6.07) is 13.7. The zero-order chi connectivity index (χ0) is 15.7. The molecule has 1 heterocycles. The predicted molar refractivity (Wildman–Crippen MR) is 87.9 cm³/mol. The van der Waals surface area contributed by atoms with Crippen LogP contribution in [0, 0.1) is 21.4 Å². The third-order valence-electron chi connectivity index (χ3n) is 3.11. The van der Waals surface area contributed by atoms with E-state index in [9.17, 15) is 15.4 Å². The van der Waals surface area contributed by atoms with Crippen molar-refractivity contribution in [1.29, 1.82) is 5.26 Å². The summed E-state index contributed by atoms with van der Waals surface area (Å²) >= 11 is 7.30. The highest BCUT2D eigenvalue weighted by Gasteiger charge is 2.17. The molecular weight excluding hydrogens is 322 g/mol. The normalized spacial score (nSPS) is 10.4. The highest BCUT2D eigenvalue weighted by atomic mass is 35.5. The molecular formula is C15H8ClN3O2S. The van der Waals surface area contributed by atoms with Crippen LogP contribution < -0.4 is 5.32 Å². The van der Waals surface area contributed by atoms with Gasteiger partial charge in [-0.1, -0.05) is 29.8 Å². The van der Waals surface area contributed by atoms with Crippen molar-refractivity contribution in [2.24, 2.45) is 0 Å². The molecule has 0 spiro atoms. The van der Waals surface area contributed by atoms with Gasteiger partial charge in [-0.05, 0) is 18.2 Å². The number of nitro groups is 1. The number of para-hydroxylation sites is 2. The zero-order valence-electron chi connectivity index (χ0n) is 11.0. The monoisotopic (exact) mass is 329 g/mol. The van der Waals surface area contributed by atoms with Gasteiger partial charge in [-0.25, -0.2) is 0 Å². The standard InChI is InChI=1S/C15H8ClN3O2S/c16-9-5-6-10-11(8-17)15(22-14(10)7-9)18-12-3-1-2-4-13(12)19(20)21/h1-7,18H. The van der Waals surface area contributed by atoms with Crippen LogP contribution in [0.4, 0.5) is 16.4 Å². The summed E-state index contributed by atoms with van der Waals surface area (Å²) in [5, 5.41) is 25.4. The Labute approximate surface area is 134 Å². The molecule has 0 fully saturated rings. The maximum Gasteiger partial charge on any atom is 0.292 e. The fourth-order valence-electron chi connectivity index (χ4n) is 2.13. The van der Waals surface area contributed by atoms with Gasteiger partial charge < -0.3 is 5.32 Å². The molecule has 1 aromatic heterocycles. The number of halogens is 1. The van der Waals surface area contributed by atoms with E-state index in [0.717, 1.165) is 10.1 Å². The number of thiophene rings is 1. The zero-order valence-corrected chi connectivity index (χ0v) is 12.6. The first kappa shape index (κ1) is 14.3. The van der Waals surface area contributed by atoms with Crippen LogP contribution in [0.2, 0.25) is 5.02 Å². The molecule has 5 nitrogen and oxygen atoms in total. The van der Waals surface area contributed by atoms with E-state index in [1.54, 1.807) is 36.4 Å². The molecule has 0 unspecified atom stereocenters. The molecule has 0 saturated carbocycles. The van der Waals surface area contributed by atoms with Gasteiger partial charge in [-0.3, -0.25) is 10.1 Å². The number of nitrogens with zero attached hydrogens (tertiary/aromatic N) is 2. The average molecular weight is 330 g/mol. The van der Waals surface area contributed by atoms with Crippen LogP contribution in [0.1, 0.15) is 5.56 Å². The van der Waals surface area contributed by atoms with Crippen LogP contribution in [0.15, 0.2) is 42.5 Å². The summed E-state index contributed by atoms with van der Waals surface area (Å²) in [6.45, 7) is 0. The highest BCUT2D eigenvalue weighted by Crippen LogP contribution is 2.39. The number of hydrogen-bond donors (Lipinski definition) is 1. The quantitative estimate of drug-likeness (QED) is 0.537. The van der Waals surface area contributed by atoms with E-state index in [-0.39, 0.29) is 5.69 Å². The van der Waals surface area contributed by atoms with Gasteiger partial charge in [0.25, 0.3) is 5.69 Å². The summed E-state index contributed by atoms with van der Waals surface area (Å²) < 4.78 is 0.852. The van der Waals surface area contributed by atoms with Crippen LogP contribution >= 0.6 is 22.9 Å². The van der Waals surface area contributed by atoms with Crippen molar-refractivity contribution >= 4 is 49.4 Å². The Balaban J connectivity index is 2.12. The van der Waals surface area contributed by atoms with Crippen molar-refractivity contribution in [2.75, 3.05) is 5.32 Å². The Hall–Kier alpha value is -2.62. The lowest BCUT2D eigenvalue weighted by molar-refractivity contribution is -0.383. The van der Waals surface area contributed by atoms with Crippen molar-refractivity contribution in [3.8, 4) is 6.07 Å². The molecule has 0 aliphatic carbocycles. The first-order valence-electron chi connectivity index (χ1n) is 6.22. The number of fused-ring (bicyclic) bond motifs is 1. The largest absolute Gasteiger partial charge is 0.341 e. The smallest absolute Gasteiger partial charge is 0.292 e. The van der Waals surface area contributed by atoms with Gasteiger partial charge in [0, 0.05) is 21.2 Å². The minimum Gasteiger partial charge on any atom is -0.341 e. The lowest BCUT2D eigenvalue weighted by atomic mass is 10.2. The third kappa shape index (κ3) is 2.48. The molecule has 0 atom stereocenters. The fraction of sp³-hybridized carbons (Fsp3) is 0. The minimum absolute atomic E-state index is 0.0399. The lowest BCUT2D eigenvalue weighted by Crippen LogP contribution is -1.96. The molecule has 3 rings (SSSR count). The summed E-state index contributed by atoms with van der Waals surface area (Å²) in [5.74, 6) is 0. The van der Waals surface area contributed by atoms with Crippen molar-refractivity contribution in [3.05, 3.63) is 63.2 Å². The predicted octanol–water partition coefficient (Wildman–Crippen LogP) is 5.08. The van der Waals surface area contributed by atoms with Crippen LogP contribution in [-0.4, -0.2) is 4.92 Å². The van der Waals surface area contributed by atoms with Crippen molar-refractivity contribution < 1.29 is 4.92 Å². The van der Waals surface area contributed by atoms with Crippen LogP contribution in [0.5, 0.6) is 0 Å². The van der Waals surface area contributed by atoms with Crippen molar-refractivity contribution in [3.63, 3.8) is 0 Å². The Morgan fingerprint density at radius 1 is 1.27 bits per heavy atom. The maximum atomic E-state index is 11.1. The van der Waals surface area contributed by atoms with Crippen LogP contribution in [0.3, 0.4) is 0 Å². The van der Waals surface area contributed by atoms with Gasteiger partial charge in [0.15, 0.2) is 0 Å². The van der Waals surface area contributed by atoms with Gasteiger partial charge in [0.2, 0.25) is 0 Å². The second-order valence-corrected chi connectivity index (χ2v) is 5.95. The number of nitrogens with one attached hydrogen (secondary N) is 1. The van der Waals surface area contributed by atoms with Gasteiger partial charge in [0.1, 0.15) is 16.8 Å². The number of rotatable bonds is 3. The fourth-order valence-corrected chi connectivity index (χ4v) is 3.47. The molecule has 0 saturated heterocycles. The van der Waals surface area contributed by atoms with E-state index in [4.69, 9.17) is 11.6 Å². The lowest BCUT2D eigenvalue weighted by Gasteiger charge is -2.04. The molecule has 2 aromatic carbocycles. The van der Waals surface area contributed by atoms with Crippen molar-refractivity contribution in [1.82, 2.24) is 0 Å². The van der Waals surface area contributed by atoms with Crippen molar-refractivity contribution in [2.45, 2.75) is 0 Å². The van der Waals surface area contributed by atoms with Gasteiger partial charge >= 0.3 is 0 Å². The molecule has 0 amide bonds. The molecule has 7 heteroatoms. The topological polar surface area (TPSA) is 79.0 Å². The Morgan fingerprint density at radius 2 is 2.05 bits per heavy atom. The number of benzene rings is 2. The van der Waals surface area contributed by atoms with Gasteiger partial charge in [-0.2, -0.15) is 5.26 Å². The Kier molecular flexibility index (Phi) is 3.67. The molecule has 0 radical (unpaired) electrons. The second kappa shape index (κ2) is 5.64. The second-order valence-electron chi connectivity index (χ2n) is 4.46. The van der Waals surface area contributed by atoms with Crippen LogP contribution in [0.25, 0.3) is 10.1 Å². The molecule has 3 aromatic rings. The highest BCUT2D eigenvalue weighted by molar-refractivity contribution is 7.23. The molecule has 1 N–H and O–H groups in total. The SMILES string of the molecule is N#Cc1c(Nc2ccccc2[N+](=O)[O-])sc2cc(Cl)ccc12. The summed E-state index contributed by atoms with van der Waals surface area (Å²) in [6.07, 6.45) is 0. The Bertz CT molecular complexity index is 930. The van der Waals surface area contributed by atoms with E-state index in [1.165, 1.54) is 17.4 Å². The number of hydrogen-bond acceptors (Lipinski definition) is 5. The minimum atomic E-state index is -0.460. The summed E-state index contributed by atoms with van der Waals surface area (Å²) in [5.41, 5.74) is 0.762. The van der Waals surface area contributed by atoms with E-state index < -0.39 is 4.92 Å². The van der Waals surface area contributed by atoms with E-state index >= 15 is 0 Å². The third-order valence-corrected chi connectivity index (χ3v) is 4.42. The molecule has 0 bridgehead atoms. The number of nitro benzene ring substituents is 1. The first-order chi connectivity index (χ1) is 10.6. The number of anilines is 2. The van der Waals surface area contributed by atoms with E-state index in [2.05, 4.69) is 11.4 Å². The molecule has 0 aliphatic heterocycles. The van der Waals surface area contributed by atoms with E-state index in [0.29, 0.717) is 21.3 Å². The molecule has 108 valence electrons. The van der Waals surface area contributed by atoms with E-state index in [1.807, 2.05) is 0 Å². The maximum absolute atomic E-state index is 11.1. The summed E-state index contributed by atoms with van der Waals surface area (Å²) in [4.78, 5) is 10.6.